The maximum absolute atomic E-state index is 13.1. The fourth-order valence-corrected chi connectivity index (χ4v) is 4.95. The van der Waals surface area contributed by atoms with Crippen molar-refractivity contribution in [1.82, 2.24) is 4.98 Å². The molecular formula is C27H20ClN3OS. The third-order valence-electron chi connectivity index (χ3n) is 5.46. The van der Waals surface area contributed by atoms with Gasteiger partial charge in [-0.05, 0) is 36.2 Å². The standard InChI is InChI=1S/C27H20ClN3OS/c1-16-11-13-17(14-12-16)19-15-22(18-7-3-2-4-8-18)31-27-23(19)24(29)25(33-27)26(32)30-21-10-6-5-9-20(21)28/h2-15H,29H2,1H3,(H,30,32). The van der Waals surface area contributed by atoms with E-state index in [1.807, 2.05) is 48.5 Å². The minimum absolute atomic E-state index is 0.306. The molecule has 33 heavy (non-hydrogen) atoms. The smallest absolute Gasteiger partial charge is 0.267 e. The lowest BCUT2D eigenvalue weighted by atomic mass is 9.99. The first-order valence-electron chi connectivity index (χ1n) is 10.4. The molecule has 3 aromatic carbocycles. The molecule has 2 aromatic heterocycles. The predicted molar refractivity (Wildman–Crippen MR) is 139 cm³/mol. The van der Waals surface area contributed by atoms with Gasteiger partial charge in [-0.3, -0.25) is 4.79 Å². The van der Waals surface area contributed by atoms with E-state index in [0.717, 1.165) is 27.8 Å². The van der Waals surface area contributed by atoms with Crippen molar-refractivity contribution < 1.29 is 4.79 Å². The van der Waals surface area contributed by atoms with Crippen LogP contribution in [-0.4, -0.2) is 10.9 Å². The molecule has 2 heterocycles. The van der Waals surface area contributed by atoms with Gasteiger partial charge < -0.3 is 11.1 Å². The van der Waals surface area contributed by atoms with Crippen molar-refractivity contribution in [3.05, 3.63) is 100 Å². The lowest BCUT2D eigenvalue weighted by molar-refractivity contribution is 0.103. The zero-order chi connectivity index (χ0) is 22.9. The number of carbonyl (C=O) groups is 1. The molecule has 0 radical (unpaired) electrons. The van der Waals surface area contributed by atoms with Gasteiger partial charge in [0.15, 0.2) is 0 Å². The highest BCUT2D eigenvalue weighted by molar-refractivity contribution is 7.21. The fourth-order valence-electron chi connectivity index (χ4n) is 3.75. The number of nitrogens with zero attached hydrogens (tertiary/aromatic N) is 1. The third-order valence-corrected chi connectivity index (χ3v) is 6.89. The number of nitrogen functional groups attached to an aromatic ring is 1. The minimum atomic E-state index is -0.306. The number of amides is 1. The van der Waals surface area contributed by atoms with Crippen LogP contribution in [0, 0.1) is 6.92 Å². The molecule has 162 valence electrons. The number of aryl methyl sites for hydroxylation is 1. The summed E-state index contributed by atoms with van der Waals surface area (Å²) in [5.74, 6) is -0.306. The Morgan fingerprint density at radius 2 is 1.64 bits per heavy atom. The van der Waals surface area contributed by atoms with Crippen molar-refractivity contribution >= 4 is 50.4 Å². The minimum Gasteiger partial charge on any atom is -0.397 e. The molecule has 0 aliphatic heterocycles. The number of aromatic nitrogens is 1. The molecule has 0 saturated carbocycles. The van der Waals surface area contributed by atoms with E-state index >= 15 is 0 Å². The van der Waals surface area contributed by atoms with Gasteiger partial charge in [0.2, 0.25) is 0 Å². The van der Waals surface area contributed by atoms with Crippen molar-refractivity contribution in [2.24, 2.45) is 0 Å². The van der Waals surface area contributed by atoms with Crippen molar-refractivity contribution in [2.75, 3.05) is 11.1 Å². The van der Waals surface area contributed by atoms with Crippen LogP contribution >= 0.6 is 22.9 Å². The Bertz CT molecular complexity index is 1480. The van der Waals surface area contributed by atoms with E-state index in [1.165, 1.54) is 16.9 Å². The normalized spacial score (nSPS) is 11.0. The summed E-state index contributed by atoms with van der Waals surface area (Å²) in [7, 11) is 0. The first-order valence-corrected chi connectivity index (χ1v) is 11.6. The van der Waals surface area contributed by atoms with E-state index in [-0.39, 0.29) is 5.91 Å². The molecule has 4 nitrogen and oxygen atoms in total. The Morgan fingerprint density at radius 3 is 2.36 bits per heavy atom. The Kier molecular flexibility index (Phi) is 5.58. The monoisotopic (exact) mass is 469 g/mol. The van der Waals surface area contributed by atoms with Gasteiger partial charge in [0, 0.05) is 10.9 Å². The summed E-state index contributed by atoms with van der Waals surface area (Å²) in [6, 6.07) is 27.4. The number of carbonyl (C=O) groups excluding carboxylic acids is 1. The van der Waals surface area contributed by atoms with Gasteiger partial charge in [0.05, 0.1) is 22.1 Å². The van der Waals surface area contributed by atoms with E-state index in [9.17, 15) is 4.79 Å². The lowest BCUT2D eigenvalue weighted by Gasteiger charge is -2.09. The second kappa shape index (κ2) is 8.70. The van der Waals surface area contributed by atoms with Crippen molar-refractivity contribution in [1.29, 1.82) is 0 Å². The summed E-state index contributed by atoms with van der Waals surface area (Å²) in [5, 5.41) is 4.13. The van der Waals surface area contributed by atoms with E-state index in [2.05, 4.69) is 36.5 Å². The van der Waals surface area contributed by atoms with Gasteiger partial charge in [-0.1, -0.05) is 83.9 Å². The van der Waals surface area contributed by atoms with Crippen molar-refractivity contribution in [3.8, 4) is 22.4 Å². The van der Waals surface area contributed by atoms with E-state index in [0.29, 0.717) is 26.1 Å². The maximum atomic E-state index is 13.1. The number of fused-ring (bicyclic) bond motifs is 1. The van der Waals surface area contributed by atoms with Crippen molar-refractivity contribution in [2.45, 2.75) is 6.92 Å². The molecule has 0 saturated heterocycles. The van der Waals surface area contributed by atoms with Crippen molar-refractivity contribution in [3.63, 3.8) is 0 Å². The molecule has 0 unspecified atom stereocenters. The summed E-state index contributed by atoms with van der Waals surface area (Å²) >= 11 is 7.51. The topological polar surface area (TPSA) is 68.0 Å². The highest BCUT2D eigenvalue weighted by atomic mass is 35.5. The number of nitrogens with two attached hydrogens (primary N) is 1. The number of para-hydroxylation sites is 1. The molecule has 1 amide bonds. The number of nitrogens with one attached hydrogen (secondary N) is 1. The Balaban J connectivity index is 1.68. The summed E-state index contributed by atoms with van der Waals surface area (Å²) in [6.07, 6.45) is 0. The molecule has 0 fully saturated rings. The summed E-state index contributed by atoms with van der Waals surface area (Å²) < 4.78 is 0. The molecule has 0 bridgehead atoms. The first-order chi connectivity index (χ1) is 16.0. The SMILES string of the molecule is Cc1ccc(-c2cc(-c3ccccc3)nc3sc(C(=O)Nc4ccccc4Cl)c(N)c23)cc1. The number of rotatable bonds is 4. The number of pyridine rings is 1. The number of anilines is 2. The van der Waals surface area contributed by atoms with Gasteiger partial charge >= 0.3 is 0 Å². The zero-order valence-electron chi connectivity index (χ0n) is 17.8. The highest BCUT2D eigenvalue weighted by Crippen LogP contribution is 2.41. The van der Waals surface area contributed by atoms with Crippen LogP contribution in [-0.2, 0) is 0 Å². The number of hydrogen-bond donors (Lipinski definition) is 2. The Morgan fingerprint density at radius 1 is 0.939 bits per heavy atom. The zero-order valence-corrected chi connectivity index (χ0v) is 19.4. The molecular weight excluding hydrogens is 450 g/mol. The molecule has 0 spiro atoms. The van der Waals surface area contributed by atoms with Gasteiger partial charge in [-0.2, -0.15) is 0 Å². The largest absolute Gasteiger partial charge is 0.397 e. The molecule has 0 atom stereocenters. The quantitative estimate of drug-likeness (QED) is 0.287. The van der Waals surface area contributed by atoms with Crippen LogP contribution in [0.1, 0.15) is 15.2 Å². The van der Waals surface area contributed by atoms with E-state index in [1.54, 1.807) is 12.1 Å². The summed E-state index contributed by atoms with van der Waals surface area (Å²) in [4.78, 5) is 19.1. The van der Waals surface area contributed by atoms with Crippen LogP contribution in [0.25, 0.3) is 32.6 Å². The second-order valence-electron chi connectivity index (χ2n) is 7.75. The average molecular weight is 470 g/mol. The average Bonchev–Trinajstić information content (AvgIpc) is 3.17. The molecule has 0 aliphatic carbocycles. The highest BCUT2D eigenvalue weighted by Gasteiger charge is 2.22. The van der Waals surface area contributed by atoms with E-state index in [4.69, 9.17) is 22.3 Å². The van der Waals surface area contributed by atoms with Gasteiger partial charge in [0.25, 0.3) is 5.91 Å². The van der Waals surface area contributed by atoms with Gasteiger partial charge in [-0.15, -0.1) is 11.3 Å². The number of benzene rings is 3. The van der Waals surface area contributed by atoms with Crippen LogP contribution in [0.15, 0.2) is 84.9 Å². The van der Waals surface area contributed by atoms with E-state index < -0.39 is 0 Å². The van der Waals surface area contributed by atoms with Crippen LogP contribution < -0.4 is 11.1 Å². The second-order valence-corrected chi connectivity index (χ2v) is 9.15. The number of thiophene rings is 1. The molecule has 0 aliphatic rings. The van der Waals surface area contributed by atoms with Crippen LogP contribution in [0.4, 0.5) is 11.4 Å². The predicted octanol–water partition coefficient (Wildman–Crippen LogP) is 7.43. The molecule has 3 N–H and O–H groups in total. The lowest BCUT2D eigenvalue weighted by Crippen LogP contribution is -2.12. The Hall–Kier alpha value is -3.67. The molecule has 5 aromatic rings. The third kappa shape index (κ3) is 4.09. The van der Waals surface area contributed by atoms with Crippen LogP contribution in [0.5, 0.6) is 0 Å². The molecule has 6 heteroatoms. The first kappa shape index (κ1) is 21.2. The fraction of sp³-hybridized carbons (Fsp3) is 0.0370. The summed E-state index contributed by atoms with van der Waals surface area (Å²) in [5.41, 5.74) is 12.5. The number of hydrogen-bond acceptors (Lipinski definition) is 4. The number of halogens is 1. The van der Waals surface area contributed by atoms with Crippen LogP contribution in [0.3, 0.4) is 0 Å². The van der Waals surface area contributed by atoms with Gasteiger partial charge in [0.1, 0.15) is 9.71 Å². The molecule has 5 rings (SSSR count). The summed E-state index contributed by atoms with van der Waals surface area (Å²) in [6.45, 7) is 2.05. The van der Waals surface area contributed by atoms with Gasteiger partial charge in [-0.25, -0.2) is 4.98 Å². The Labute approximate surface area is 200 Å². The maximum Gasteiger partial charge on any atom is 0.267 e. The van der Waals surface area contributed by atoms with Crippen LogP contribution in [0.2, 0.25) is 5.02 Å².